The molecule has 1 aromatic carbocycles. The summed E-state index contributed by atoms with van der Waals surface area (Å²) < 4.78 is 1.65. The van der Waals surface area contributed by atoms with Crippen LogP contribution in [0.25, 0.3) is 0 Å². The molecule has 2 amide bonds. The number of fused-ring (bicyclic) bond motifs is 1. The highest BCUT2D eigenvalue weighted by atomic mass is 16.2. The Kier molecular flexibility index (Phi) is 2.98. The molecule has 6 heteroatoms. The Bertz CT molecular complexity index is 677. The minimum absolute atomic E-state index is 0.0404. The first-order valence-electron chi connectivity index (χ1n) is 6.28. The number of nitrogens with zero attached hydrogens (tertiary/aromatic N) is 3. The lowest BCUT2D eigenvalue weighted by molar-refractivity contribution is -0.116. The third kappa shape index (κ3) is 2.16. The topological polar surface area (TPSA) is 67.2 Å². The van der Waals surface area contributed by atoms with Crippen LogP contribution < -0.4 is 5.32 Å². The van der Waals surface area contributed by atoms with E-state index in [1.165, 1.54) is 11.1 Å². The maximum Gasteiger partial charge on any atom is 0.272 e. The molecule has 0 aliphatic carbocycles. The van der Waals surface area contributed by atoms with Crippen LogP contribution in [-0.4, -0.2) is 32.8 Å². The van der Waals surface area contributed by atoms with Gasteiger partial charge in [0, 0.05) is 19.3 Å². The number of anilines is 1. The molecule has 6 nitrogen and oxygen atoms in total. The molecule has 0 radical (unpaired) electrons. The summed E-state index contributed by atoms with van der Waals surface area (Å²) in [7, 11) is 1.76. The molecule has 0 fully saturated rings. The first kappa shape index (κ1) is 12.4. The first-order valence-corrected chi connectivity index (χ1v) is 6.28. The number of aryl methyl sites for hydroxylation is 1. The smallest absolute Gasteiger partial charge is 0.272 e. The van der Waals surface area contributed by atoms with Gasteiger partial charge in [0.2, 0.25) is 5.91 Å². The van der Waals surface area contributed by atoms with Gasteiger partial charge in [-0.05, 0) is 11.6 Å². The van der Waals surface area contributed by atoms with Gasteiger partial charge in [0.15, 0.2) is 0 Å². The second-order valence-electron chi connectivity index (χ2n) is 4.76. The molecule has 0 atom stereocenters. The molecule has 1 aliphatic rings. The predicted octanol–water partition coefficient (Wildman–Crippen LogP) is 1.01. The first-order chi connectivity index (χ1) is 9.65. The number of rotatable bonds is 1. The van der Waals surface area contributed by atoms with Gasteiger partial charge in [-0.1, -0.05) is 18.2 Å². The van der Waals surface area contributed by atoms with E-state index >= 15 is 0 Å². The van der Waals surface area contributed by atoms with Crippen molar-refractivity contribution in [2.75, 3.05) is 11.9 Å². The van der Waals surface area contributed by atoms with Gasteiger partial charge in [0.1, 0.15) is 12.2 Å². The van der Waals surface area contributed by atoms with Crippen molar-refractivity contribution in [3.63, 3.8) is 0 Å². The Morgan fingerprint density at radius 2 is 2.10 bits per heavy atom. The number of para-hydroxylation sites is 1. The van der Waals surface area contributed by atoms with Crippen molar-refractivity contribution < 1.29 is 9.59 Å². The number of carbonyl (C=O) groups excluding carboxylic acids is 2. The average molecular weight is 270 g/mol. The van der Waals surface area contributed by atoms with Crippen LogP contribution in [0.2, 0.25) is 0 Å². The standard InChI is InChI=1S/C14H14N4O2/c1-17-9-15-6-12(17)14(20)18-7-10-4-2-3-5-11(10)16-13(19)8-18/h2-6,9H,7-8H2,1H3,(H,16,19). The summed E-state index contributed by atoms with van der Waals surface area (Å²) in [6.45, 7) is 0.442. The quantitative estimate of drug-likeness (QED) is 0.841. The van der Waals surface area contributed by atoms with Gasteiger partial charge in [-0.3, -0.25) is 9.59 Å². The maximum atomic E-state index is 12.5. The van der Waals surface area contributed by atoms with Crippen LogP contribution in [0.5, 0.6) is 0 Å². The molecule has 0 spiro atoms. The fourth-order valence-electron chi connectivity index (χ4n) is 2.27. The Labute approximate surface area is 116 Å². The third-order valence-corrected chi connectivity index (χ3v) is 3.31. The predicted molar refractivity (Wildman–Crippen MR) is 73.0 cm³/mol. The Balaban J connectivity index is 1.93. The van der Waals surface area contributed by atoms with E-state index in [4.69, 9.17) is 0 Å². The van der Waals surface area contributed by atoms with Crippen LogP contribution in [0.15, 0.2) is 36.8 Å². The van der Waals surface area contributed by atoms with Crippen LogP contribution in [0.3, 0.4) is 0 Å². The monoisotopic (exact) mass is 270 g/mol. The fraction of sp³-hybridized carbons (Fsp3) is 0.214. The molecule has 1 N–H and O–H groups in total. The molecule has 102 valence electrons. The van der Waals surface area contributed by atoms with Crippen molar-refractivity contribution in [3.05, 3.63) is 48.0 Å². The molecule has 1 aliphatic heterocycles. The number of imidazole rings is 1. The largest absolute Gasteiger partial charge is 0.330 e. The van der Waals surface area contributed by atoms with E-state index in [-0.39, 0.29) is 18.4 Å². The summed E-state index contributed by atoms with van der Waals surface area (Å²) >= 11 is 0. The van der Waals surface area contributed by atoms with Crippen LogP contribution in [0.1, 0.15) is 16.1 Å². The SMILES string of the molecule is Cn1cncc1C(=O)N1CC(=O)Nc2ccccc2C1. The van der Waals surface area contributed by atoms with Crippen LogP contribution in [0.4, 0.5) is 5.69 Å². The molecule has 1 aromatic heterocycles. The number of carbonyl (C=O) groups is 2. The lowest BCUT2D eigenvalue weighted by Gasteiger charge is -2.19. The summed E-state index contributed by atoms with van der Waals surface area (Å²) in [5.74, 6) is -0.387. The van der Waals surface area contributed by atoms with E-state index in [1.54, 1.807) is 17.9 Å². The zero-order valence-electron chi connectivity index (χ0n) is 11.0. The molecule has 0 bridgehead atoms. The normalized spacial score (nSPS) is 14.4. The Morgan fingerprint density at radius 1 is 1.30 bits per heavy atom. The molecule has 2 heterocycles. The van der Waals surface area contributed by atoms with Crippen molar-refractivity contribution in [3.8, 4) is 0 Å². The van der Waals surface area contributed by atoms with E-state index in [0.29, 0.717) is 12.2 Å². The van der Waals surface area contributed by atoms with Crippen LogP contribution >= 0.6 is 0 Å². The van der Waals surface area contributed by atoms with Gasteiger partial charge in [-0.2, -0.15) is 0 Å². The summed E-state index contributed by atoms with van der Waals surface area (Å²) in [4.78, 5) is 29.8. The van der Waals surface area contributed by atoms with Gasteiger partial charge in [0.25, 0.3) is 5.91 Å². The highest BCUT2D eigenvalue weighted by Gasteiger charge is 2.25. The molecular formula is C14H14N4O2. The number of nitrogens with one attached hydrogen (secondary N) is 1. The lowest BCUT2D eigenvalue weighted by atomic mass is 10.1. The molecule has 0 unspecified atom stereocenters. The van der Waals surface area contributed by atoms with E-state index < -0.39 is 0 Å². The van der Waals surface area contributed by atoms with Gasteiger partial charge in [-0.15, -0.1) is 0 Å². The molecule has 3 rings (SSSR count). The second-order valence-corrected chi connectivity index (χ2v) is 4.76. The molecular weight excluding hydrogens is 256 g/mol. The van der Waals surface area contributed by atoms with Crippen LogP contribution in [0, 0.1) is 0 Å². The van der Waals surface area contributed by atoms with Crippen molar-refractivity contribution >= 4 is 17.5 Å². The fourth-order valence-corrected chi connectivity index (χ4v) is 2.27. The third-order valence-electron chi connectivity index (χ3n) is 3.31. The average Bonchev–Trinajstić information content (AvgIpc) is 2.77. The van der Waals surface area contributed by atoms with Crippen molar-refractivity contribution in [1.29, 1.82) is 0 Å². The summed E-state index contributed by atoms with van der Waals surface area (Å²) in [5, 5.41) is 2.81. The van der Waals surface area contributed by atoms with Crippen molar-refractivity contribution in [2.24, 2.45) is 7.05 Å². The van der Waals surface area contributed by atoms with Crippen molar-refractivity contribution in [1.82, 2.24) is 14.5 Å². The minimum Gasteiger partial charge on any atom is -0.330 e. The number of aromatic nitrogens is 2. The van der Waals surface area contributed by atoms with Gasteiger partial charge in [0.05, 0.1) is 12.5 Å². The zero-order chi connectivity index (χ0) is 14.1. The summed E-state index contributed by atoms with van der Waals surface area (Å²) in [5.41, 5.74) is 2.16. The Morgan fingerprint density at radius 3 is 2.85 bits per heavy atom. The number of benzene rings is 1. The molecule has 2 aromatic rings. The molecule has 0 saturated heterocycles. The van der Waals surface area contributed by atoms with Gasteiger partial charge in [-0.25, -0.2) is 4.98 Å². The Hall–Kier alpha value is -2.63. The van der Waals surface area contributed by atoms with Gasteiger partial charge < -0.3 is 14.8 Å². The summed E-state index contributed by atoms with van der Waals surface area (Å²) in [6.07, 6.45) is 3.08. The second kappa shape index (κ2) is 4.80. The number of amides is 2. The highest BCUT2D eigenvalue weighted by molar-refractivity contribution is 5.99. The van der Waals surface area contributed by atoms with Gasteiger partial charge >= 0.3 is 0 Å². The van der Waals surface area contributed by atoms with E-state index in [1.807, 2.05) is 24.3 Å². The van der Waals surface area contributed by atoms with E-state index in [2.05, 4.69) is 10.3 Å². The number of hydrogen-bond acceptors (Lipinski definition) is 3. The number of hydrogen-bond donors (Lipinski definition) is 1. The summed E-state index contributed by atoms with van der Waals surface area (Å²) in [6, 6.07) is 7.50. The van der Waals surface area contributed by atoms with E-state index in [0.717, 1.165) is 11.3 Å². The van der Waals surface area contributed by atoms with E-state index in [9.17, 15) is 9.59 Å². The zero-order valence-corrected chi connectivity index (χ0v) is 11.0. The highest BCUT2D eigenvalue weighted by Crippen LogP contribution is 2.21. The maximum absolute atomic E-state index is 12.5. The lowest BCUT2D eigenvalue weighted by Crippen LogP contribution is -2.36. The van der Waals surface area contributed by atoms with Crippen LogP contribution in [-0.2, 0) is 18.4 Å². The van der Waals surface area contributed by atoms with Crippen molar-refractivity contribution in [2.45, 2.75) is 6.54 Å². The molecule has 20 heavy (non-hydrogen) atoms. The minimum atomic E-state index is -0.197. The molecule has 0 saturated carbocycles.